The summed E-state index contributed by atoms with van der Waals surface area (Å²) in [7, 11) is 0. The fourth-order valence-corrected chi connectivity index (χ4v) is 3.03. The number of imidazole rings is 1. The first-order chi connectivity index (χ1) is 13.1. The molecule has 0 radical (unpaired) electrons. The minimum absolute atomic E-state index is 0.267. The van der Waals surface area contributed by atoms with Gasteiger partial charge in [-0.05, 0) is 30.2 Å². The van der Waals surface area contributed by atoms with E-state index in [0.29, 0.717) is 22.9 Å². The molecule has 3 aromatic heterocycles. The first-order valence-corrected chi connectivity index (χ1v) is 8.63. The number of nitrogens with one attached hydrogen (secondary N) is 3. The van der Waals surface area contributed by atoms with Gasteiger partial charge in [-0.15, -0.1) is 0 Å². The molecule has 0 fully saturated rings. The maximum Gasteiger partial charge on any atom is 0.325 e. The van der Waals surface area contributed by atoms with Crippen molar-refractivity contribution in [2.75, 3.05) is 11.9 Å². The third-order valence-electron chi connectivity index (χ3n) is 4.07. The summed E-state index contributed by atoms with van der Waals surface area (Å²) in [6.45, 7) is 0.647. The van der Waals surface area contributed by atoms with Crippen LogP contribution in [-0.2, 0) is 6.42 Å². The minimum atomic E-state index is -0.563. The van der Waals surface area contributed by atoms with Crippen molar-refractivity contribution in [3.63, 3.8) is 0 Å². The topological polar surface area (TPSA) is 108 Å². The second kappa shape index (κ2) is 7.08. The fraction of sp³-hybridized carbons (Fsp3) is 0.111. The van der Waals surface area contributed by atoms with E-state index in [0.717, 1.165) is 17.7 Å². The highest BCUT2D eigenvalue weighted by molar-refractivity contribution is 6.30. The summed E-state index contributed by atoms with van der Waals surface area (Å²) >= 11 is 6.02. The maximum atomic E-state index is 12.1. The van der Waals surface area contributed by atoms with Crippen LogP contribution in [0.15, 0.2) is 58.5 Å². The average molecular weight is 383 g/mol. The number of aromatic nitrogens is 5. The van der Waals surface area contributed by atoms with Crippen molar-refractivity contribution in [2.45, 2.75) is 6.42 Å². The molecule has 9 heteroatoms. The second-order valence-electron chi connectivity index (χ2n) is 5.93. The van der Waals surface area contributed by atoms with E-state index < -0.39 is 11.2 Å². The first-order valence-electron chi connectivity index (χ1n) is 8.25. The van der Waals surface area contributed by atoms with Crippen molar-refractivity contribution in [1.29, 1.82) is 0 Å². The van der Waals surface area contributed by atoms with Gasteiger partial charge in [0.1, 0.15) is 5.69 Å². The lowest BCUT2D eigenvalue weighted by atomic mass is 10.1. The molecular weight excluding hydrogens is 368 g/mol. The monoisotopic (exact) mass is 382 g/mol. The number of nitrogens with zero attached hydrogens (tertiary/aromatic N) is 3. The van der Waals surface area contributed by atoms with E-state index in [1.165, 1.54) is 6.20 Å². The molecule has 4 rings (SSSR count). The molecule has 0 aliphatic carbocycles. The molecule has 3 heterocycles. The zero-order valence-electron chi connectivity index (χ0n) is 14.1. The Hall–Kier alpha value is -3.39. The van der Waals surface area contributed by atoms with E-state index in [-0.39, 0.29) is 5.56 Å². The van der Waals surface area contributed by atoms with E-state index in [1.807, 2.05) is 24.3 Å². The molecule has 8 nitrogen and oxygen atoms in total. The summed E-state index contributed by atoms with van der Waals surface area (Å²) in [6.07, 6.45) is 5.44. The van der Waals surface area contributed by atoms with Crippen molar-refractivity contribution in [3.05, 3.63) is 80.3 Å². The van der Waals surface area contributed by atoms with E-state index >= 15 is 0 Å². The van der Waals surface area contributed by atoms with Crippen LogP contribution < -0.4 is 16.6 Å². The SMILES string of the molecule is O=c1[nH]cc(-c2cc(NCCc3cccc(Cl)c3)c3nccn3n2)c(=O)[nH]1. The average Bonchev–Trinajstić information content (AvgIpc) is 3.10. The number of halogens is 1. The zero-order valence-corrected chi connectivity index (χ0v) is 14.8. The standard InChI is InChI=1S/C18H15ClN6O2/c19-12-3-1-2-11(8-12)4-5-20-15-9-14(24-25-7-6-21-16(15)25)13-10-22-18(27)23-17(13)26/h1-3,6-10,20H,4-5H2,(H2,22,23,26,27). The quantitative estimate of drug-likeness (QED) is 0.489. The molecule has 0 saturated heterocycles. The van der Waals surface area contributed by atoms with Crippen LogP contribution in [0.4, 0.5) is 5.69 Å². The summed E-state index contributed by atoms with van der Waals surface area (Å²) in [5.74, 6) is 0. The number of benzene rings is 1. The Labute approximate surface area is 157 Å². The zero-order chi connectivity index (χ0) is 18.8. The van der Waals surface area contributed by atoms with Crippen LogP contribution in [0.2, 0.25) is 5.02 Å². The van der Waals surface area contributed by atoms with E-state index in [9.17, 15) is 9.59 Å². The Balaban J connectivity index is 1.64. The molecule has 1 aromatic carbocycles. The molecule has 0 amide bonds. The van der Waals surface area contributed by atoms with Crippen molar-refractivity contribution in [2.24, 2.45) is 0 Å². The minimum Gasteiger partial charge on any atom is -0.382 e. The third-order valence-corrected chi connectivity index (χ3v) is 4.31. The lowest BCUT2D eigenvalue weighted by molar-refractivity contribution is 0.929. The smallest absolute Gasteiger partial charge is 0.325 e. The molecular formula is C18H15ClN6O2. The Kier molecular flexibility index (Phi) is 4.47. The van der Waals surface area contributed by atoms with Gasteiger partial charge in [0, 0.05) is 30.2 Å². The van der Waals surface area contributed by atoms with Gasteiger partial charge in [0.05, 0.1) is 11.3 Å². The van der Waals surface area contributed by atoms with Gasteiger partial charge in [-0.1, -0.05) is 23.7 Å². The van der Waals surface area contributed by atoms with Crippen molar-refractivity contribution < 1.29 is 0 Å². The maximum absolute atomic E-state index is 12.1. The van der Waals surface area contributed by atoms with Crippen LogP contribution in [-0.4, -0.2) is 31.1 Å². The van der Waals surface area contributed by atoms with Crippen LogP contribution in [0.5, 0.6) is 0 Å². The molecule has 0 bridgehead atoms. The largest absolute Gasteiger partial charge is 0.382 e. The van der Waals surface area contributed by atoms with Crippen LogP contribution in [0.3, 0.4) is 0 Å². The van der Waals surface area contributed by atoms with Gasteiger partial charge in [-0.2, -0.15) is 5.10 Å². The van der Waals surface area contributed by atoms with Gasteiger partial charge < -0.3 is 10.3 Å². The fourth-order valence-electron chi connectivity index (χ4n) is 2.81. The van der Waals surface area contributed by atoms with Crippen LogP contribution in [0.1, 0.15) is 5.56 Å². The molecule has 0 aliphatic rings. The van der Waals surface area contributed by atoms with Crippen LogP contribution >= 0.6 is 11.6 Å². The molecule has 27 heavy (non-hydrogen) atoms. The number of hydrogen-bond acceptors (Lipinski definition) is 5. The van der Waals surface area contributed by atoms with Crippen molar-refractivity contribution in [3.8, 4) is 11.3 Å². The number of H-pyrrole nitrogens is 2. The summed E-state index contributed by atoms with van der Waals surface area (Å²) < 4.78 is 1.58. The van der Waals surface area contributed by atoms with E-state index in [4.69, 9.17) is 11.6 Å². The third kappa shape index (κ3) is 3.61. The Morgan fingerprint density at radius 2 is 2.11 bits per heavy atom. The van der Waals surface area contributed by atoms with Gasteiger partial charge in [-0.3, -0.25) is 9.78 Å². The lowest BCUT2D eigenvalue weighted by Gasteiger charge is -2.10. The molecule has 0 saturated carbocycles. The molecule has 136 valence electrons. The molecule has 0 aliphatic heterocycles. The number of aromatic amines is 2. The summed E-state index contributed by atoms with van der Waals surface area (Å²) in [4.78, 5) is 32.3. The number of fused-ring (bicyclic) bond motifs is 1. The second-order valence-corrected chi connectivity index (χ2v) is 6.37. The van der Waals surface area contributed by atoms with Crippen molar-refractivity contribution >= 4 is 22.9 Å². The number of anilines is 1. The van der Waals surface area contributed by atoms with Crippen LogP contribution in [0, 0.1) is 0 Å². The van der Waals surface area contributed by atoms with Gasteiger partial charge in [0.25, 0.3) is 5.56 Å². The molecule has 0 spiro atoms. The highest BCUT2D eigenvalue weighted by atomic mass is 35.5. The van der Waals surface area contributed by atoms with E-state index in [1.54, 1.807) is 23.0 Å². The van der Waals surface area contributed by atoms with Crippen molar-refractivity contribution in [1.82, 2.24) is 24.6 Å². The van der Waals surface area contributed by atoms with E-state index in [2.05, 4.69) is 25.4 Å². The van der Waals surface area contributed by atoms with Crippen LogP contribution in [0.25, 0.3) is 16.9 Å². The molecule has 0 atom stereocenters. The predicted molar refractivity (Wildman–Crippen MR) is 103 cm³/mol. The summed E-state index contributed by atoms with van der Waals surface area (Å²) in [6, 6.07) is 9.42. The van der Waals surface area contributed by atoms with Gasteiger partial charge >= 0.3 is 5.69 Å². The molecule has 3 N–H and O–H groups in total. The highest BCUT2D eigenvalue weighted by Gasteiger charge is 2.11. The number of hydrogen-bond donors (Lipinski definition) is 3. The first kappa shape index (κ1) is 17.0. The Morgan fingerprint density at radius 1 is 1.22 bits per heavy atom. The normalized spacial score (nSPS) is 11.0. The molecule has 0 unspecified atom stereocenters. The van der Waals surface area contributed by atoms with Gasteiger partial charge in [0.15, 0.2) is 5.65 Å². The Morgan fingerprint density at radius 3 is 2.93 bits per heavy atom. The lowest BCUT2D eigenvalue weighted by Crippen LogP contribution is -2.23. The predicted octanol–water partition coefficient (Wildman–Crippen LogP) is 2.08. The number of rotatable bonds is 5. The summed E-state index contributed by atoms with van der Waals surface area (Å²) in [5, 5.41) is 8.42. The van der Waals surface area contributed by atoms with Gasteiger partial charge in [-0.25, -0.2) is 14.3 Å². The Bertz CT molecular complexity index is 1230. The molecule has 4 aromatic rings. The highest BCUT2D eigenvalue weighted by Crippen LogP contribution is 2.21. The van der Waals surface area contributed by atoms with Gasteiger partial charge in [0.2, 0.25) is 0 Å². The summed E-state index contributed by atoms with van der Waals surface area (Å²) in [5.41, 5.74) is 2.11.